The molecule has 6 N–H and O–H groups in total. The Morgan fingerprint density at radius 3 is 2.43 bits per heavy atom. The molecule has 2 aliphatic rings. The lowest BCUT2D eigenvalue weighted by Gasteiger charge is -2.19. The number of unbranched alkanes of at least 4 members (excludes halogenated alkanes) is 1. The summed E-state index contributed by atoms with van der Waals surface area (Å²) >= 11 is 1.90. The van der Waals surface area contributed by atoms with Crippen molar-refractivity contribution in [1.82, 2.24) is 21.3 Å². The summed E-state index contributed by atoms with van der Waals surface area (Å²) in [6.07, 6.45) is 3.34. The topological polar surface area (TPSA) is 144 Å². The fraction of sp³-hybridized carbons (Fsp3) is 0.875. The van der Waals surface area contributed by atoms with Crippen molar-refractivity contribution in [3.8, 4) is 0 Å². The lowest BCUT2D eigenvalue weighted by Crippen LogP contribution is -2.36. The molecule has 0 aromatic heterocycles. The highest BCUT2D eigenvalue weighted by atomic mass is 33.1. The molecule has 2 saturated heterocycles. The van der Waals surface area contributed by atoms with E-state index >= 15 is 0 Å². The summed E-state index contributed by atoms with van der Waals surface area (Å²) in [6, 6.07) is 0.414. The van der Waals surface area contributed by atoms with Crippen LogP contribution in [0, 0.1) is 5.92 Å². The molecule has 10 nitrogen and oxygen atoms in total. The van der Waals surface area contributed by atoms with E-state index in [9.17, 15) is 14.4 Å². The molecule has 0 aromatic carbocycles. The van der Waals surface area contributed by atoms with E-state index in [-0.39, 0.29) is 35.2 Å². The van der Waals surface area contributed by atoms with Crippen LogP contribution in [-0.2, 0) is 19.1 Å². The van der Waals surface area contributed by atoms with Crippen LogP contribution in [0.2, 0.25) is 0 Å². The number of hydrogen-bond acceptors (Lipinski definition) is 9. The average Bonchev–Trinajstić information content (AvgIpc) is 3.42. The lowest BCUT2D eigenvalue weighted by atomic mass is 10.0. The first kappa shape index (κ1) is 32.4. The first-order valence-electron chi connectivity index (χ1n) is 13.2. The van der Waals surface area contributed by atoms with Gasteiger partial charge in [-0.1, -0.05) is 41.9 Å². The maximum absolute atomic E-state index is 12.2. The third-order valence-corrected chi connectivity index (χ3v) is 11.3. The Labute approximate surface area is 233 Å². The fourth-order valence-electron chi connectivity index (χ4n) is 3.96. The molecule has 2 heterocycles. The number of fused-ring (bicyclic) bond motifs is 1. The molecule has 5 atom stereocenters. The van der Waals surface area contributed by atoms with E-state index in [4.69, 9.17) is 15.2 Å². The number of hydrogen-bond donors (Lipinski definition) is 5. The van der Waals surface area contributed by atoms with Crippen LogP contribution in [0.5, 0.6) is 0 Å². The second kappa shape index (κ2) is 18.4. The van der Waals surface area contributed by atoms with Crippen molar-refractivity contribution < 1.29 is 23.9 Å². The second-order valence-electron chi connectivity index (χ2n) is 9.59. The maximum Gasteiger partial charge on any atom is 0.315 e. The summed E-state index contributed by atoms with van der Waals surface area (Å²) in [5, 5.41) is 12.3. The van der Waals surface area contributed by atoms with E-state index in [1.807, 2.05) is 18.7 Å². The molecule has 2 fully saturated rings. The van der Waals surface area contributed by atoms with Gasteiger partial charge in [0.1, 0.15) is 0 Å². The van der Waals surface area contributed by atoms with Crippen LogP contribution in [0.4, 0.5) is 4.79 Å². The molecular formula is C24H45N5O5S3. The van der Waals surface area contributed by atoms with Crippen LogP contribution < -0.4 is 27.0 Å². The van der Waals surface area contributed by atoms with Crippen molar-refractivity contribution in [2.45, 2.75) is 74.3 Å². The lowest BCUT2D eigenvalue weighted by molar-refractivity contribution is -0.122. The van der Waals surface area contributed by atoms with Crippen LogP contribution in [0.15, 0.2) is 0 Å². The molecule has 2 aliphatic heterocycles. The number of urea groups is 1. The number of rotatable bonds is 20. The Kier molecular flexibility index (Phi) is 16.1. The van der Waals surface area contributed by atoms with E-state index in [0.717, 1.165) is 25.0 Å². The highest BCUT2D eigenvalue weighted by Crippen LogP contribution is 2.34. The number of carbonyl (C=O) groups excluding carboxylic acids is 3. The van der Waals surface area contributed by atoms with Crippen molar-refractivity contribution in [2.24, 2.45) is 11.7 Å². The summed E-state index contributed by atoms with van der Waals surface area (Å²) in [6.45, 7) is 9.46. The Hall–Kier alpha value is -0.860. The van der Waals surface area contributed by atoms with Crippen molar-refractivity contribution in [1.29, 1.82) is 0 Å². The molecule has 0 bridgehead atoms. The number of amides is 4. The summed E-state index contributed by atoms with van der Waals surface area (Å²) in [5.74, 6) is 1.48. The molecule has 0 aliphatic carbocycles. The smallest absolute Gasteiger partial charge is 0.315 e. The Morgan fingerprint density at radius 1 is 1.05 bits per heavy atom. The average molecular weight is 580 g/mol. The molecule has 0 radical (unpaired) electrons. The van der Waals surface area contributed by atoms with Gasteiger partial charge in [-0.15, -0.1) is 0 Å². The predicted octanol–water partition coefficient (Wildman–Crippen LogP) is 1.73. The zero-order valence-electron chi connectivity index (χ0n) is 22.3. The number of carbonyl (C=O) groups is 3. The van der Waals surface area contributed by atoms with Gasteiger partial charge in [-0.05, 0) is 25.7 Å². The van der Waals surface area contributed by atoms with Crippen molar-refractivity contribution in [3.05, 3.63) is 0 Å². The van der Waals surface area contributed by atoms with E-state index in [0.29, 0.717) is 68.9 Å². The van der Waals surface area contributed by atoms with Gasteiger partial charge in [-0.3, -0.25) is 9.59 Å². The van der Waals surface area contributed by atoms with Gasteiger partial charge in [0.2, 0.25) is 11.8 Å². The van der Waals surface area contributed by atoms with Gasteiger partial charge >= 0.3 is 6.03 Å². The summed E-state index contributed by atoms with van der Waals surface area (Å²) < 4.78 is 11.0. The van der Waals surface area contributed by atoms with Crippen LogP contribution in [0.25, 0.3) is 0 Å². The highest BCUT2D eigenvalue weighted by molar-refractivity contribution is 8.77. The van der Waals surface area contributed by atoms with Crippen LogP contribution >= 0.6 is 33.3 Å². The predicted molar refractivity (Wildman–Crippen MR) is 154 cm³/mol. The number of nitrogens with one attached hydrogen (secondary N) is 4. The zero-order chi connectivity index (χ0) is 27.0. The first-order valence-corrected chi connectivity index (χ1v) is 16.5. The number of thioether (sulfide) groups is 1. The number of nitrogens with two attached hydrogens (primary N) is 1. The minimum absolute atomic E-state index is 0.00158. The maximum atomic E-state index is 12.2. The standard InChI is InChI=1S/C24H45N5O5S3/c1-16(2)20(14-25)37-36-17(3)23(31)27-9-11-34-13-12-33-10-8-26-21(30)7-5-4-6-19-22-18(15-35-19)28-24(32)29-22/h16-20,22H,4-15,25H2,1-3H3,(H,26,30)(H,27,31)(H2,28,29,32)/t17?,18-,19?,20?,22-/m1/s1. The minimum Gasteiger partial charge on any atom is -0.377 e. The van der Waals surface area contributed by atoms with Crippen LogP contribution in [-0.4, -0.2) is 97.5 Å². The highest BCUT2D eigenvalue weighted by Gasteiger charge is 2.42. The van der Waals surface area contributed by atoms with E-state index < -0.39 is 0 Å². The van der Waals surface area contributed by atoms with Gasteiger partial charge in [0, 0.05) is 42.3 Å². The Balaban J connectivity index is 1.35. The third kappa shape index (κ3) is 12.7. The van der Waals surface area contributed by atoms with Crippen molar-refractivity contribution in [2.75, 3.05) is 51.8 Å². The third-order valence-electron chi connectivity index (χ3n) is 6.24. The zero-order valence-corrected chi connectivity index (χ0v) is 24.7. The van der Waals surface area contributed by atoms with Gasteiger partial charge in [0.15, 0.2) is 0 Å². The molecule has 13 heteroatoms. The summed E-state index contributed by atoms with van der Waals surface area (Å²) in [4.78, 5) is 35.6. The molecule has 0 spiro atoms. The fourth-order valence-corrected chi connectivity index (χ4v) is 8.38. The molecule has 4 amide bonds. The second-order valence-corrected chi connectivity index (χ2v) is 13.7. The van der Waals surface area contributed by atoms with Crippen LogP contribution in [0.1, 0.15) is 46.5 Å². The van der Waals surface area contributed by atoms with Gasteiger partial charge in [0.05, 0.1) is 43.8 Å². The number of ether oxygens (including phenoxy) is 2. The van der Waals surface area contributed by atoms with Gasteiger partial charge in [-0.25, -0.2) is 4.79 Å². The van der Waals surface area contributed by atoms with E-state index in [1.165, 1.54) is 0 Å². The summed E-state index contributed by atoms with van der Waals surface area (Å²) in [5.41, 5.74) is 5.78. The van der Waals surface area contributed by atoms with Gasteiger partial charge in [-0.2, -0.15) is 11.8 Å². The monoisotopic (exact) mass is 579 g/mol. The van der Waals surface area contributed by atoms with Crippen LogP contribution in [0.3, 0.4) is 0 Å². The molecule has 2 rings (SSSR count). The SMILES string of the molecule is CC(SSC(CN)C(C)C)C(=O)NCCOCCOCCNC(=O)CCCCC1SC[C@H]2NC(=O)N[C@@H]12. The largest absolute Gasteiger partial charge is 0.377 e. The van der Waals surface area contributed by atoms with Crippen molar-refractivity contribution in [3.63, 3.8) is 0 Å². The molecule has 37 heavy (non-hydrogen) atoms. The minimum atomic E-state index is -0.149. The Morgan fingerprint density at radius 2 is 1.76 bits per heavy atom. The van der Waals surface area contributed by atoms with Gasteiger partial charge < -0.3 is 36.5 Å². The Bertz CT molecular complexity index is 706. The quantitative estimate of drug-likeness (QED) is 0.0827. The first-order chi connectivity index (χ1) is 17.8. The molecule has 3 unspecified atom stereocenters. The van der Waals surface area contributed by atoms with Gasteiger partial charge in [0.25, 0.3) is 0 Å². The van der Waals surface area contributed by atoms with E-state index in [2.05, 4.69) is 35.1 Å². The molecule has 214 valence electrons. The normalized spacial score (nSPS) is 22.3. The molecular weight excluding hydrogens is 534 g/mol. The molecule has 0 saturated carbocycles. The molecule has 0 aromatic rings. The van der Waals surface area contributed by atoms with E-state index in [1.54, 1.807) is 21.6 Å². The van der Waals surface area contributed by atoms with Crippen molar-refractivity contribution >= 4 is 51.2 Å². The summed E-state index contributed by atoms with van der Waals surface area (Å²) in [7, 11) is 3.24.